The second-order valence-corrected chi connectivity index (χ2v) is 6.29. The van der Waals surface area contributed by atoms with Crippen molar-refractivity contribution in [1.29, 1.82) is 0 Å². The lowest BCUT2D eigenvalue weighted by Crippen LogP contribution is -2.45. The van der Waals surface area contributed by atoms with Gasteiger partial charge in [0.15, 0.2) is 0 Å². The zero-order valence-electron chi connectivity index (χ0n) is 10.8. The van der Waals surface area contributed by atoms with Gasteiger partial charge in [0, 0.05) is 35.7 Å². The number of pyridine rings is 1. The van der Waals surface area contributed by atoms with Gasteiger partial charge in [0.2, 0.25) is 5.91 Å². The molecule has 2 fully saturated rings. The Labute approximate surface area is 121 Å². The highest BCUT2D eigenvalue weighted by Crippen LogP contribution is 2.29. The molecule has 1 saturated heterocycles. The van der Waals surface area contributed by atoms with Crippen LogP contribution in [0.5, 0.6) is 0 Å². The molecule has 0 radical (unpaired) electrons. The summed E-state index contributed by atoms with van der Waals surface area (Å²) in [4.78, 5) is 18.4. The molecule has 102 valence electrons. The predicted octanol–water partition coefficient (Wildman–Crippen LogP) is 2.34. The highest BCUT2D eigenvalue weighted by Gasteiger charge is 2.31. The third kappa shape index (κ3) is 3.26. The number of hydrogen-bond donors (Lipinski definition) is 1. The molecule has 1 saturated carbocycles. The summed E-state index contributed by atoms with van der Waals surface area (Å²) in [6.45, 7) is 1.93. The third-order valence-electron chi connectivity index (χ3n) is 3.83. The summed E-state index contributed by atoms with van der Waals surface area (Å²) < 4.78 is 1.00. The lowest BCUT2D eigenvalue weighted by Gasteiger charge is -2.33. The monoisotopic (exact) mass is 323 g/mol. The number of rotatable bonds is 3. The van der Waals surface area contributed by atoms with Crippen molar-refractivity contribution in [3.8, 4) is 0 Å². The molecule has 0 aromatic carbocycles. The van der Waals surface area contributed by atoms with E-state index in [1.807, 2.05) is 18.3 Å². The van der Waals surface area contributed by atoms with Crippen LogP contribution in [-0.2, 0) is 4.79 Å². The Balaban J connectivity index is 1.51. The Morgan fingerprint density at radius 1 is 1.26 bits per heavy atom. The number of anilines is 1. The Bertz CT molecular complexity index is 450. The van der Waals surface area contributed by atoms with Crippen LogP contribution in [0.1, 0.15) is 25.7 Å². The Kier molecular flexibility index (Phi) is 3.73. The second-order valence-electron chi connectivity index (χ2n) is 5.38. The van der Waals surface area contributed by atoms with Crippen LogP contribution >= 0.6 is 15.9 Å². The fourth-order valence-corrected chi connectivity index (χ4v) is 2.71. The third-order valence-corrected chi connectivity index (χ3v) is 4.29. The number of nitrogens with one attached hydrogen (secondary N) is 1. The Hall–Kier alpha value is -1.10. The van der Waals surface area contributed by atoms with Gasteiger partial charge >= 0.3 is 0 Å². The van der Waals surface area contributed by atoms with E-state index < -0.39 is 0 Å². The van der Waals surface area contributed by atoms with Crippen molar-refractivity contribution in [3.63, 3.8) is 0 Å². The lowest BCUT2D eigenvalue weighted by molar-refractivity contribution is -0.123. The Morgan fingerprint density at radius 3 is 2.58 bits per heavy atom. The average Bonchev–Trinajstić information content (AvgIpc) is 3.25. The molecule has 1 aliphatic carbocycles. The van der Waals surface area contributed by atoms with Gasteiger partial charge in [-0.05, 0) is 53.7 Å². The van der Waals surface area contributed by atoms with E-state index in [4.69, 9.17) is 0 Å². The Morgan fingerprint density at radius 2 is 2.00 bits per heavy atom. The van der Waals surface area contributed by atoms with Crippen molar-refractivity contribution in [1.82, 2.24) is 10.3 Å². The van der Waals surface area contributed by atoms with E-state index in [9.17, 15) is 4.79 Å². The van der Waals surface area contributed by atoms with Crippen molar-refractivity contribution in [3.05, 3.63) is 22.8 Å². The van der Waals surface area contributed by atoms with Crippen LogP contribution < -0.4 is 10.2 Å². The highest BCUT2D eigenvalue weighted by molar-refractivity contribution is 9.10. The van der Waals surface area contributed by atoms with Crippen molar-refractivity contribution in [2.45, 2.75) is 31.7 Å². The first-order valence-electron chi connectivity index (χ1n) is 6.89. The van der Waals surface area contributed by atoms with Gasteiger partial charge in [0.1, 0.15) is 5.82 Å². The molecule has 2 aliphatic rings. The van der Waals surface area contributed by atoms with E-state index in [-0.39, 0.29) is 5.91 Å². The van der Waals surface area contributed by atoms with Gasteiger partial charge in [-0.2, -0.15) is 0 Å². The topological polar surface area (TPSA) is 45.2 Å². The number of aromatic nitrogens is 1. The summed E-state index contributed by atoms with van der Waals surface area (Å²) in [7, 11) is 0. The van der Waals surface area contributed by atoms with Gasteiger partial charge in [-0.15, -0.1) is 0 Å². The summed E-state index contributed by atoms with van der Waals surface area (Å²) in [6.07, 6.45) is 6.00. The van der Waals surface area contributed by atoms with Crippen molar-refractivity contribution < 1.29 is 4.79 Å². The first kappa shape index (κ1) is 12.9. The average molecular weight is 324 g/mol. The molecule has 0 bridgehead atoms. The van der Waals surface area contributed by atoms with E-state index in [1.165, 1.54) is 0 Å². The summed E-state index contributed by atoms with van der Waals surface area (Å²) in [5.74, 6) is 1.60. The molecular weight excluding hydrogens is 306 g/mol. The highest BCUT2D eigenvalue weighted by atomic mass is 79.9. The van der Waals surface area contributed by atoms with Crippen LogP contribution in [0.3, 0.4) is 0 Å². The van der Waals surface area contributed by atoms with Crippen molar-refractivity contribution >= 4 is 27.7 Å². The fourth-order valence-electron chi connectivity index (χ4n) is 2.47. The normalized spacial score (nSPS) is 20.4. The van der Waals surface area contributed by atoms with Gasteiger partial charge in [-0.1, -0.05) is 0 Å². The fraction of sp³-hybridized carbons (Fsp3) is 0.571. The minimum Gasteiger partial charge on any atom is -0.356 e. The molecule has 1 aromatic rings. The lowest BCUT2D eigenvalue weighted by atomic mass is 10.0. The van der Waals surface area contributed by atoms with Gasteiger partial charge in [0.05, 0.1) is 0 Å². The number of carbonyl (C=O) groups is 1. The minimum atomic E-state index is 0.264. The molecule has 2 heterocycles. The number of amides is 1. The molecule has 4 nitrogen and oxygen atoms in total. The molecule has 0 unspecified atom stereocenters. The van der Waals surface area contributed by atoms with Crippen LogP contribution in [0.25, 0.3) is 0 Å². The van der Waals surface area contributed by atoms with E-state index in [2.05, 4.69) is 31.1 Å². The molecule has 3 rings (SSSR count). The van der Waals surface area contributed by atoms with Crippen LogP contribution in [0.4, 0.5) is 5.82 Å². The van der Waals surface area contributed by atoms with Crippen LogP contribution in [0.15, 0.2) is 22.8 Å². The van der Waals surface area contributed by atoms with Gasteiger partial charge in [-0.3, -0.25) is 4.79 Å². The number of carbonyl (C=O) groups excluding carboxylic acids is 1. The molecule has 1 N–H and O–H groups in total. The van der Waals surface area contributed by atoms with E-state index >= 15 is 0 Å². The van der Waals surface area contributed by atoms with Crippen LogP contribution in [0.2, 0.25) is 0 Å². The quantitative estimate of drug-likeness (QED) is 0.928. The molecule has 1 aliphatic heterocycles. The molecular formula is C14H18BrN3O. The maximum absolute atomic E-state index is 11.7. The van der Waals surface area contributed by atoms with Crippen LogP contribution in [-0.4, -0.2) is 30.0 Å². The summed E-state index contributed by atoms with van der Waals surface area (Å²) in [5.41, 5.74) is 0. The number of halogens is 1. The summed E-state index contributed by atoms with van der Waals surface area (Å²) in [5, 5.41) is 3.17. The molecule has 19 heavy (non-hydrogen) atoms. The molecule has 0 atom stereocenters. The van der Waals surface area contributed by atoms with Gasteiger partial charge in [-0.25, -0.2) is 4.98 Å². The summed E-state index contributed by atoms with van der Waals surface area (Å²) >= 11 is 3.40. The SMILES string of the molecule is O=C(NC1CCN(c2ccc(Br)cn2)CC1)C1CC1. The first-order chi connectivity index (χ1) is 9.22. The van der Waals surface area contributed by atoms with Gasteiger partial charge < -0.3 is 10.2 Å². The molecule has 1 amide bonds. The zero-order valence-corrected chi connectivity index (χ0v) is 12.4. The number of nitrogens with zero attached hydrogens (tertiary/aromatic N) is 2. The van der Waals surface area contributed by atoms with Gasteiger partial charge in [0.25, 0.3) is 0 Å². The first-order valence-corrected chi connectivity index (χ1v) is 7.68. The molecule has 1 aromatic heterocycles. The molecule has 5 heteroatoms. The van der Waals surface area contributed by atoms with Crippen LogP contribution in [0, 0.1) is 5.92 Å². The summed E-state index contributed by atoms with van der Waals surface area (Å²) in [6, 6.07) is 4.40. The minimum absolute atomic E-state index is 0.264. The second kappa shape index (κ2) is 5.49. The number of piperidine rings is 1. The largest absolute Gasteiger partial charge is 0.356 e. The maximum atomic E-state index is 11.7. The molecule has 0 spiro atoms. The van der Waals surface area contributed by atoms with E-state index in [0.717, 1.165) is 49.1 Å². The smallest absolute Gasteiger partial charge is 0.223 e. The van der Waals surface area contributed by atoms with E-state index in [0.29, 0.717) is 12.0 Å². The van der Waals surface area contributed by atoms with Crippen molar-refractivity contribution in [2.75, 3.05) is 18.0 Å². The zero-order chi connectivity index (χ0) is 13.2. The number of hydrogen-bond acceptors (Lipinski definition) is 3. The van der Waals surface area contributed by atoms with Crippen molar-refractivity contribution in [2.24, 2.45) is 5.92 Å². The standard InChI is InChI=1S/C14H18BrN3O/c15-11-3-4-13(16-9-11)18-7-5-12(6-8-18)17-14(19)10-1-2-10/h3-4,9-10,12H,1-2,5-8H2,(H,17,19). The maximum Gasteiger partial charge on any atom is 0.223 e. The van der Waals surface area contributed by atoms with E-state index in [1.54, 1.807) is 0 Å². The predicted molar refractivity (Wildman–Crippen MR) is 78.0 cm³/mol.